The van der Waals surface area contributed by atoms with E-state index < -0.39 is 0 Å². The van der Waals surface area contributed by atoms with Crippen LogP contribution in [0.4, 0.5) is 5.95 Å². The third kappa shape index (κ3) is 2.28. The normalized spacial score (nSPS) is 16.8. The predicted octanol–water partition coefficient (Wildman–Crippen LogP) is 4.47. The SMILES string of the molecule is Cc1ccsc1[C@@H]1C=C(c2ccc(Br)cc2)Nc2ncnn21. The van der Waals surface area contributed by atoms with Crippen LogP contribution in [0.1, 0.15) is 22.0 Å². The third-order valence-electron chi connectivity index (χ3n) is 3.73. The zero-order valence-corrected chi connectivity index (χ0v) is 14.2. The predicted molar refractivity (Wildman–Crippen MR) is 93.0 cm³/mol. The van der Waals surface area contributed by atoms with Gasteiger partial charge in [-0.1, -0.05) is 28.1 Å². The molecule has 0 saturated carbocycles. The molecule has 1 atom stereocenters. The number of nitrogens with zero attached hydrogens (tertiary/aromatic N) is 3. The Morgan fingerprint density at radius 3 is 2.77 bits per heavy atom. The Bertz CT molecular complexity index is 847. The zero-order chi connectivity index (χ0) is 15.1. The summed E-state index contributed by atoms with van der Waals surface area (Å²) >= 11 is 5.23. The highest BCUT2D eigenvalue weighted by Crippen LogP contribution is 2.35. The van der Waals surface area contributed by atoms with Crippen LogP contribution in [0.5, 0.6) is 0 Å². The summed E-state index contributed by atoms with van der Waals surface area (Å²) < 4.78 is 3.00. The van der Waals surface area contributed by atoms with Crippen LogP contribution in [0.2, 0.25) is 0 Å². The monoisotopic (exact) mass is 372 g/mol. The molecule has 0 spiro atoms. The lowest BCUT2D eigenvalue weighted by Crippen LogP contribution is -2.20. The van der Waals surface area contributed by atoms with Crippen molar-refractivity contribution >= 4 is 38.9 Å². The number of hydrogen-bond donors (Lipinski definition) is 1. The first-order valence-electron chi connectivity index (χ1n) is 6.90. The summed E-state index contributed by atoms with van der Waals surface area (Å²) in [5.41, 5.74) is 3.48. The highest BCUT2D eigenvalue weighted by atomic mass is 79.9. The van der Waals surface area contributed by atoms with Crippen molar-refractivity contribution in [2.24, 2.45) is 0 Å². The minimum Gasteiger partial charge on any atom is -0.324 e. The van der Waals surface area contributed by atoms with E-state index in [2.05, 4.69) is 67.9 Å². The van der Waals surface area contributed by atoms with Gasteiger partial charge in [-0.2, -0.15) is 10.1 Å². The fourth-order valence-electron chi connectivity index (χ4n) is 2.61. The van der Waals surface area contributed by atoms with Crippen LogP contribution in [-0.2, 0) is 0 Å². The van der Waals surface area contributed by atoms with E-state index in [0.717, 1.165) is 21.7 Å². The maximum absolute atomic E-state index is 4.38. The van der Waals surface area contributed by atoms with E-state index in [1.807, 2.05) is 16.8 Å². The first-order chi connectivity index (χ1) is 10.7. The fraction of sp³-hybridized carbons (Fsp3) is 0.125. The number of thiophene rings is 1. The molecule has 0 aliphatic carbocycles. The van der Waals surface area contributed by atoms with Gasteiger partial charge >= 0.3 is 0 Å². The van der Waals surface area contributed by atoms with E-state index >= 15 is 0 Å². The topological polar surface area (TPSA) is 42.7 Å². The minimum atomic E-state index is 0.0809. The molecule has 6 heteroatoms. The Labute approximate surface area is 140 Å². The number of benzene rings is 1. The van der Waals surface area contributed by atoms with Gasteiger partial charge in [-0.25, -0.2) is 4.68 Å². The molecule has 110 valence electrons. The zero-order valence-electron chi connectivity index (χ0n) is 11.8. The van der Waals surface area contributed by atoms with Gasteiger partial charge in [0.05, 0.1) is 0 Å². The highest BCUT2D eigenvalue weighted by Gasteiger charge is 2.25. The number of allylic oxidation sites excluding steroid dienone is 1. The molecular weight excluding hydrogens is 360 g/mol. The van der Waals surface area contributed by atoms with Crippen molar-refractivity contribution in [3.05, 3.63) is 68.6 Å². The quantitative estimate of drug-likeness (QED) is 0.721. The second-order valence-corrected chi connectivity index (χ2v) is 7.02. The lowest BCUT2D eigenvalue weighted by atomic mass is 10.1. The first-order valence-corrected chi connectivity index (χ1v) is 8.58. The van der Waals surface area contributed by atoms with Crippen LogP contribution >= 0.6 is 27.3 Å². The molecule has 3 aromatic rings. The van der Waals surface area contributed by atoms with Gasteiger partial charge in [-0.3, -0.25) is 0 Å². The smallest absolute Gasteiger partial charge is 0.226 e. The lowest BCUT2D eigenvalue weighted by molar-refractivity contribution is 0.618. The summed E-state index contributed by atoms with van der Waals surface area (Å²) in [5, 5.41) is 9.86. The summed E-state index contributed by atoms with van der Waals surface area (Å²) in [6.45, 7) is 2.14. The van der Waals surface area contributed by atoms with Gasteiger partial charge in [-0.05, 0) is 47.7 Å². The molecule has 0 saturated heterocycles. The molecule has 0 fully saturated rings. The lowest BCUT2D eigenvalue weighted by Gasteiger charge is -2.24. The molecule has 2 aromatic heterocycles. The van der Waals surface area contributed by atoms with Gasteiger partial charge in [0, 0.05) is 15.0 Å². The average Bonchev–Trinajstić information content (AvgIpc) is 3.15. The van der Waals surface area contributed by atoms with Crippen molar-refractivity contribution in [1.82, 2.24) is 14.8 Å². The van der Waals surface area contributed by atoms with Crippen molar-refractivity contribution < 1.29 is 0 Å². The van der Waals surface area contributed by atoms with Crippen molar-refractivity contribution in [1.29, 1.82) is 0 Å². The number of rotatable bonds is 2. The molecule has 0 amide bonds. The summed E-state index contributed by atoms with van der Waals surface area (Å²) in [7, 11) is 0. The molecule has 0 bridgehead atoms. The second kappa shape index (κ2) is 5.37. The molecule has 1 aliphatic heterocycles. The Kier molecular flexibility index (Phi) is 3.35. The van der Waals surface area contributed by atoms with E-state index in [9.17, 15) is 0 Å². The van der Waals surface area contributed by atoms with Gasteiger partial charge < -0.3 is 5.32 Å². The van der Waals surface area contributed by atoms with Gasteiger partial charge in [0.2, 0.25) is 5.95 Å². The second-order valence-electron chi connectivity index (χ2n) is 5.15. The molecule has 0 radical (unpaired) electrons. The average molecular weight is 373 g/mol. The van der Waals surface area contributed by atoms with Crippen LogP contribution in [-0.4, -0.2) is 14.8 Å². The molecule has 1 aromatic carbocycles. The van der Waals surface area contributed by atoms with Crippen molar-refractivity contribution in [3.8, 4) is 0 Å². The molecule has 4 rings (SSSR count). The minimum absolute atomic E-state index is 0.0809. The largest absolute Gasteiger partial charge is 0.324 e. The summed E-state index contributed by atoms with van der Waals surface area (Å²) in [5.74, 6) is 0.776. The van der Waals surface area contributed by atoms with Crippen molar-refractivity contribution in [2.45, 2.75) is 13.0 Å². The first kappa shape index (κ1) is 13.7. The van der Waals surface area contributed by atoms with E-state index in [4.69, 9.17) is 0 Å². The molecule has 22 heavy (non-hydrogen) atoms. The Hall–Kier alpha value is -1.92. The van der Waals surface area contributed by atoms with E-state index in [1.165, 1.54) is 10.4 Å². The molecular formula is C16H13BrN4S. The summed E-state index contributed by atoms with van der Waals surface area (Å²) in [6.07, 6.45) is 3.81. The van der Waals surface area contributed by atoms with Crippen LogP contribution in [0.15, 0.2) is 52.6 Å². The van der Waals surface area contributed by atoms with Crippen LogP contribution in [0.3, 0.4) is 0 Å². The molecule has 1 N–H and O–H groups in total. The molecule has 0 unspecified atom stereocenters. The number of aromatic nitrogens is 3. The number of nitrogens with one attached hydrogen (secondary N) is 1. The van der Waals surface area contributed by atoms with Crippen LogP contribution in [0.25, 0.3) is 5.70 Å². The van der Waals surface area contributed by atoms with Crippen LogP contribution in [0, 0.1) is 6.92 Å². The Morgan fingerprint density at radius 1 is 1.23 bits per heavy atom. The standard InChI is InChI=1S/C16H13BrN4S/c1-10-6-7-22-15(10)14-8-13(11-2-4-12(17)5-3-11)20-16-18-9-19-21(14)16/h2-9,14H,1H3,(H,18,19,20)/t14-/m0/s1. The highest BCUT2D eigenvalue weighted by molar-refractivity contribution is 9.10. The van der Waals surface area contributed by atoms with E-state index in [1.54, 1.807) is 17.7 Å². The molecule has 3 heterocycles. The number of aryl methyl sites for hydroxylation is 1. The number of halogens is 1. The van der Waals surface area contributed by atoms with Gasteiger partial charge in [0.15, 0.2) is 0 Å². The number of hydrogen-bond acceptors (Lipinski definition) is 4. The number of anilines is 1. The Balaban J connectivity index is 1.82. The summed E-state index contributed by atoms with van der Waals surface area (Å²) in [4.78, 5) is 5.63. The fourth-order valence-corrected chi connectivity index (χ4v) is 3.85. The van der Waals surface area contributed by atoms with Gasteiger partial charge in [-0.15, -0.1) is 11.3 Å². The molecule has 4 nitrogen and oxygen atoms in total. The van der Waals surface area contributed by atoms with Crippen LogP contribution < -0.4 is 5.32 Å². The van der Waals surface area contributed by atoms with E-state index in [-0.39, 0.29) is 6.04 Å². The molecule has 1 aliphatic rings. The maximum Gasteiger partial charge on any atom is 0.226 e. The third-order valence-corrected chi connectivity index (χ3v) is 5.35. The van der Waals surface area contributed by atoms with Crippen molar-refractivity contribution in [2.75, 3.05) is 5.32 Å². The summed E-state index contributed by atoms with van der Waals surface area (Å²) in [6, 6.07) is 10.5. The number of fused-ring (bicyclic) bond motifs is 1. The van der Waals surface area contributed by atoms with E-state index in [0.29, 0.717) is 0 Å². The van der Waals surface area contributed by atoms with Crippen molar-refractivity contribution in [3.63, 3.8) is 0 Å². The van der Waals surface area contributed by atoms with Gasteiger partial charge in [0.1, 0.15) is 12.4 Å². The maximum atomic E-state index is 4.38. The Morgan fingerprint density at radius 2 is 2.05 bits per heavy atom. The van der Waals surface area contributed by atoms with Gasteiger partial charge in [0.25, 0.3) is 0 Å².